The molecule has 11 aromatic rings. The van der Waals surface area contributed by atoms with E-state index in [9.17, 15) is 0 Å². The quantitative estimate of drug-likeness (QED) is 0.164. The van der Waals surface area contributed by atoms with Crippen LogP contribution in [0.1, 0.15) is 105 Å². The summed E-state index contributed by atoms with van der Waals surface area (Å²) in [5.74, 6) is 0. The Balaban J connectivity index is 1.15. The van der Waals surface area contributed by atoms with Crippen LogP contribution in [0.5, 0.6) is 0 Å². The van der Waals surface area contributed by atoms with Gasteiger partial charge in [0.1, 0.15) is 0 Å². The van der Waals surface area contributed by atoms with Crippen LogP contribution in [0.4, 0.5) is 34.1 Å². The lowest BCUT2D eigenvalue weighted by Crippen LogP contribution is -2.14. The van der Waals surface area contributed by atoms with Crippen molar-refractivity contribution >= 4 is 119 Å². The van der Waals surface area contributed by atoms with Gasteiger partial charge in [-0.2, -0.15) is 0 Å². The highest BCUT2D eigenvalue weighted by Crippen LogP contribution is 2.53. The fourth-order valence-electron chi connectivity index (χ4n) is 10.4. The van der Waals surface area contributed by atoms with Gasteiger partial charge in [-0.25, -0.2) is 0 Å². The fraction of sp³-hybridized carbons (Fsp3) is 0.242. The van der Waals surface area contributed by atoms with E-state index in [0.717, 1.165) is 22.7 Å². The molecule has 0 bridgehead atoms. The summed E-state index contributed by atoms with van der Waals surface area (Å²) in [5, 5.41) is 10.4. The van der Waals surface area contributed by atoms with E-state index in [1.807, 2.05) is 22.7 Å². The number of thiophene rings is 2. The van der Waals surface area contributed by atoms with E-state index in [1.165, 1.54) is 95.5 Å². The van der Waals surface area contributed by atoms with Gasteiger partial charge in [-0.05, 0) is 121 Å². The maximum Gasteiger partial charge on any atom is 0.0554 e. The van der Waals surface area contributed by atoms with Gasteiger partial charge in [0.2, 0.25) is 0 Å². The Bertz CT molecular complexity index is 3650. The van der Waals surface area contributed by atoms with Crippen LogP contribution in [0.25, 0.3) is 61.9 Å². The van der Waals surface area contributed by atoms with E-state index in [2.05, 4.69) is 263 Å². The average Bonchev–Trinajstić information content (AvgIpc) is 3.90. The molecule has 0 radical (unpaired) electrons. The third-order valence-electron chi connectivity index (χ3n) is 14.5. The molecule has 350 valence electrons. The van der Waals surface area contributed by atoms with Gasteiger partial charge in [-0.3, -0.25) is 0 Å². The molecule has 0 aliphatic carbocycles. The molecule has 0 saturated heterocycles. The van der Waals surface area contributed by atoms with E-state index in [0.29, 0.717) is 0 Å². The molecule has 0 aliphatic heterocycles. The minimum atomic E-state index is 0.0561. The molecule has 0 saturated carbocycles. The fourth-order valence-corrected chi connectivity index (χ4v) is 13.0. The van der Waals surface area contributed by atoms with Gasteiger partial charge >= 0.3 is 0 Å². The van der Waals surface area contributed by atoms with Crippen LogP contribution in [0.3, 0.4) is 0 Å². The van der Waals surface area contributed by atoms with Gasteiger partial charge in [-0.15, -0.1) is 22.7 Å². The zero-order chi connectivity index (χ0) is 49.1. The molecule has 0 spiro atoms. The third-order valence-corrected chi connectivity index (χ3v) is 16.8. The number of fused-ring (bicyclic) bond motifs is 11. The van der Waals surface area contributed by atoms with E-state index in [-0.39, 0.29) is 21.7 Å². The van der Waals surface area contributed by atoms with Crippen LogP contribution in [-0.4, -0.2) is 0 Å². The van der Waals surface area contributed by atoms with Gasteiger partial charge in [-0.1, -0.05) is 186 Å². The Morgan fingerprint density at radius 3 is 0.971 bits per heavy atom. The number of nitrogens with zero attached hydrogens (tertiary/aromatic N) is 2. The smallest absolute Gasteiger partial charge is 0.0554 e. The SMILES string of the molecule is CC(C)(C)c1ccc(N(c2ccc(C(C)(C)C)cc2)c2cc3sc4c(ccc5sc6cc(N(c7ccc(C(C)(C)C)cc7)c7ccc(C(C)(C)C)cc7)c7ccccc7c6c54)c3c3ccccc23)cc1. The first-order valence-electron chi connectivity index (χ1n) is 24.9. The summed E-state index contributed by atoms with van der Waals surface area (Å²) in [4.78, 5) is 4.96. The molecule has 0 unspecified atom stereocenters. The van der Waals surface area contributed by atoms with Crippen molar-refractivity contribution in [2.75, 3.05) is 9.80 Å². The molecule has 2 aromatic heterocycles. The van der Waals surface area contributed by atoms with Crippen LogP contribution in [0.15, 0.2) is 170 Å². The lowest BCUT2D eigenvalue weighted by Gasteiger charge is -2.29. The maximum absolute atomic E-state index is 2.48. The molecule has 4 heteroatoms. The minimum Gasteiger partial charge on any atom is -0.310 e. The highest BCUT2D eigenvalue weighted by atomic mass is 32.1. The zero-order valence-corrected chi connectivity index (χ0v) is 44.5. The minimum absolute atomic E-state index is 0.0561. The normalized spacial score (nSPS) is 12.9. The summed E-state index contributed by atoms with van der Waals surface area (Å²) in [5.41, 5.74) is 12.5. The van der Waals surface area contributed by atoms with Crippen LogP contribution >= 0.6 is 22.7 Å². The van der Waals surface area contributed by atoms with Gasteiger partial charge in [0, 0.05) is 73.9 Å². The molecule has 2 heterocycles. The molecule has 11 rings (SSSR count). The summed E-state index contributed by atoms with van der Waals surface area (Å²) in [7, 11) is 0. The summed E-state index contributed by atoms with van der Waals surface area (Å²) in [6.07, 6.45) is 0. The van der Waals surface area contributed by atoms with Crippen molar-refractivity contribution in [3.05, 3.63) is 192 Å². The van der Waals surface area contributed by atoms with Crippen molar-refractivity contribution in [3.63, 3.8) is 0 Å². The van der Waals surface area contributed by atoms with Crippen molar-refractivity contribution in [2.45, 2.75) is 105 Å². The van der Waals surface area contributed by atoms with Crippen molar-refractivity contribution < 1.29 is 0 Å². The zero-order valence-electron chi connectivity index (χ0n) is 42.9. The second kappa shape index (κ2) is 16.6. The molecule has 0 atom stereocenters. The van der Waals surface area contributed by atoms with Crippen molar-refractivity contribution in [2.24, 2.45) is 0 Å². The number of hydrogen-bond donors (Lipinski definition) is 0. The highest BCUT2D eigenvalue weighted by molar-refractivity contribution is 7.30. The molecule has 0 N–H and O–H groups in total. The predicted molar refractivity (Wildman–Crippen MR) is 311 cm³/mol. The Morgan fingerprint density at radius 2 is 0.614 bits per heavy atom. The number of rotatable bonds is 6. The molecule has 0 amide bonds. The summed E-state index contributed by atoms with van der Waals surface area (Å²) >= 11 is 3.87. The molecule has 70 heavy (non-hydrogen) atoms. The van der Waals surface area contributed by atoms with E-state index < -0.39 is 0 Å². The first-order valence-corrected chi connectivity index (χ1v) is 26.5. The molecule has 0 aliphatic rings. The molecule has 0 fully saturated rings. The lowest BCUT2D eigenvalue weighted by atomic mass is 9.86. The first kappa shape index (κ1) is 46.0. The van der Waals surface area contributed by atoms with Crippen molar-refractivity contribution in [3.8, 4) is 0 Å². The number of hydrogen-bond acceptors (Lipinski definition) is 4. The van der Waals surface area contributed by atoms with E-state index in [4.69, 9.17) is 0 Å². The standard InChI is InChI=1S/C66H64N2S2/c1-63(2,3)41-21-29-45(30-22-41)67(46-31-23-42(24-32-46)64(4,5)6)54-39-57-59(51-19-15-13-17-49(51)54)53-37-38-56-61(62(53)70-57)60-52-20-16-14-18-50(52)55(40-58(60)69-56)68(47-33-25-43(26-34-47)65(7,8)9)48-35-27-44(28-36-48)66(10,11)12/h13-40H,1-12H3. The van der Waals surface area contributed by atoms with Crippen molar-refractivity contribution in [1.82, 2.24) is 0 Å². The number of anilines is 6. The number of benzene rings is 9. The van der Waals surface area contributed by atoms with Crippen LogP contribution < -0.4 is 9.80 Å². The Labute approximate surface area is 422 Å². The maximum atomic E-state index is 2.48. The second-order valence-electron chi connectivity index (χ2n) is 23.5. The summed E-state index contributed by atoms with van der Waals surface area (Å²) in [6.45, 7) is 27.5. The van der Waals surface area contributed by atoms with E-state index >= 15 is 0 Å². The summed E-state index contributed by atoms with van der Waals surface area (Å²) in [6, 6.07) is 64.9. The molecular formula is C66H64N2S2. The average molecular weight is 949 g/mol. The molecule has 2 nitrogen and oxygen atoms in total. The van der Waals surface area contributed by atoms with Crippen molar-refractivity contribution in [1.29, 1.82) is 0 Å². The topological polar surface area (TPSA) is 6.48 Å². The predicted octanol–water partition coefficient (Wildman–Crippen LogP) is 20.9. The first-order chi connectivity index (χ1) is 33.2. The van der Waals surface area contributed by atoms with Gasteiger partial charge in [0.05, 0.1) is 11.4 Å². The highest BCUT2D eigenvalue weighted by Gasteiger charge is 2.26. The Morgan fingerprint density at radius 1 is 0.286 bits per heavy atom. The van der Waals surface area contributed by atoms with E-state index in [1.54, 1.807) is 0 Å². The van der Waals surface area contributed by atoms with Crippen LogP contribution in [0.2, 0.25) is 0 Å². The largest absolute Gasteiger partial charge is 0.310 e. The monoisotopic (exact) mass is 948 g/mol. The Kier molecular flexibility index (Phi) is 10.9. The van der Waals surface area contributed by atoms with Crippen LogP contribution in [-0.2, 0) is 21.7 Å². The Hall–Kier alpha value is -6.46. The molecular weight excluding hydrogens is 885 g/mol. The van der Waals surface area contributed by atoms with Gasteiger partial charge in [0.25, 0.3) is 0 Å². The molecule has 9 aromatic carbocycles. The van der Waals surface area contributed by atoms with Gasteiger partial charge < -0.3 is 9.80 Å². The van der Waals surface area contributed by atoms with Gasteiger partial charge in [0.15, 0.2) is 0 Å². The lowest BCUT2D eigenvalue weighted by molar-refractivity contribution is 0.590. The summed E-state index contributed by atoms with van der Waals surface area (Å²) < 4.78 is 5.26. The third kappa shape index (κ3) is 7.94. The van der Waals surface area contributed by atoms with Crippen LogP contribution in [0, 0.1) is 0 Å². The second-order valence-corrected chi connectivity index (χ2v) is 25.6.